The molecule has 1 aliphatic carbocycles. The van der Waals surface area contributed by atoms with Crippen LogP contribution in [0.1, 0.15) is 39.0 Å². The zero-order valence-electron chi connectivity index (χ0n) is 9.89. The molecular formula is C12H17NO4. The summed E-state index contributed by atoms with van der Waals surface area (Å²) >= 11 is 0. The highest BCUT2D eigenvalue weighted by Crippen LogP contribution is 2.33. The monoisotopic (exact) mass is 239 g/mol. The fraction of sp³-hybridized carbons (Fsp3) is 0.750. The van der Waals surface area contributed by atoms with Crippen molar-refractivity contribution in [2.45, 2.75) is 45.1 Å². The lowest BCUT2D eigenvalue weighted by molar-refractivity contribution is -0.151. The maximum Gasteiger partial charge on any atom is 0.308 e. The second kappa shape index (κ2) is 4.47. The lowest BCUT2D eigenvalue weighted by Gasteiger charge is -2.34. The zero-order valence-corrected chi connectivity index (χ0v) is 9.89. The Labute approximate surface area is 99.8 Å². The first kappa shape index (κ1) is 12.1. The number of aliphatic carboxylic acids is 1. The van der Waals surface area contributed by atoms with Crippen LogP contribution in [0.4, 0.5) is 0 Å². The van der Waals surface area contributed by atoms with E-state index in [1.807, 2.05) is 0 Å². The third-order valence-corrected chi connectivity index (χ3v) is 3.79. The van der Waals surface area contributed by atoms with Gasteiger partial charge < -0.3 is 5.11 Å². The standard InChI is InChI=1S/C12H17NO4/c1-7-6-10(14)13(11(7)15)9-5-3-2-4-8(9)12(16)17/h7-9H,2-6H2,1H3,(H,16,17). The number of hydrogen-bond donors (Lipinski definition) is 1. The maximum absolute atomic E-state index is 11.9. The van der Waals surface area contributed by atoms with E-state index in [0.717, 1.165) is 12.8 Å². The van der Waals surface area contributed by atoms with Gasteiger partial charge in [-0.05, 0) is 12.8 Å². The normalized spacial score (nSPS) is 34.2. The average molecular weight is 239 g/mol. The Morgan fingerprint density at radius 3 is 2.47 bits per heavy atom. The summed E-state index contributed by atoms with van der Waals surface area (Å²) < 4.78 is 0. The van der Waals surface area contributed by atoms with Crippen molar-refractivity contribution in [2.24, 2.45) is 11.8 Å². The fourth-order valence-corrected chi connectivity index (χ4v) is 2.86. The van der Waals surface area contributed by atoms with Crippen molar-refractivity contribution in [1.29, 1.82) is 0 Å². The molecule has 1 saturated carbocycles. The third kappa shape index (κ3) is 2.06. The Kier molecular flexibility index (Phi) is 3.17. The SMILES string of the molecule is CC1CC(=O)N(C2CCCCC2C(=O)O)C1=O. The first-order valence-electron chi connectivity index (χ1n) is 6.11. The first-order valence-corrected chi connectivity index (χ1v) is 6.11. The lowest BCUT2D eigenvalue weighted by atomic mass is 9.83. The molecule has 0 aromatic rings. The molecule has 0 aromatic carbocycles. The van der Waals surface area contributed by atoms with Gasteiger partial charge in [0, 0.05) is 12.3 Å². The molecule has 2 fully saturated rings. The molecule has 1 heterocycles. The Morgan fingerprint density at radius 1 is 1.29 bits per heavy atom. The van der Waals surface area contributed by atoms with Gasteiger partial charge >= 0.3 is 5.97 Å². The highest BCUT2D eigenvalue weighted by atomic mass is 16.4. The van der Waals surface area contributed by atoms with Gasteiger partial charge in [0.05, 0.1) is 12.0 Å². The molecule has 3 unspecified atom stereocenters. The minimum atomic E-state index is -0.894. The van der Waals surface area contributed by atoms with Crippen molar-refractivity contribution in [3.8, 4) is 0 Å². The van der Waals surface area contributed by atoms with Crippen LogP contribution in [0.3, 0.4) is 0 Å². The summed E-state index contributed by atoms with van der Waals surface area (Å²) in [6.45, 7) is 1.72. The molecule has 2 amide bonds. The number of imide groups is 1. The van der Waals surface area contributed by atoms with E-state index in [1.165, 1.54) is 4.90 Å². The molecule has 3 atom stereocenters. The van der Waals surface area contributed by atoms with Gasteiger partial charge in [-0.2, -0.15) is 0 Å². The van der Waals surface area contributed by atoms with Gasteiger partial charge in [0.25, 0.3) is 0 Å². The fourth-order valence-electron chi connectivity index (χ4n) is 2.86. The van der Waals surface area contributed by atoms with Gasteiger partial charge in [-0.1, -0.05) is 19.8 Å². The van der Waals surface area contributed by atoms with Crippen molar-refractivity contribution in [1.82, 2.24) is 4.90 Å². The number of carbonyl (C=O) groups excluding carboxylic acids is 2. The van der Waals surface area contributed by atoms with Crippen LogP contribution >= 0.6 is 0 Å². The molecule has 94 valence electrons. The maximum atomic E-state index is 11.9. The number of amides is 2. The van der Waals surface area contributed by atoms with E-state index in [4.69, 9.17) is 5.11 Å². The van der Waals surface area contributed by atoms with Crippen LogP contribution in [0.25, 0.3) is 0 Å². The van der Waals surface area contributed by atoms with E-state index in [-0.39, 0.29) is 24.2 Å². The number of carboxylic acid groups (broad SMARTS) is 1. The highest BCUT2D eigenvalue weighted by Gasteiger charge is 2.45. The molecular weight excluding hydrogens is 222 g/mol. The number of carboxylic acids is 1. The molecule has 0 aromatic heterocycles. The summed E-state index contributed by atoms with van der Waals surface area (Å²) in [6, 6.07) is -0.425. The molecule has 5 heteroatoms. The molecule has 0 bridgehead atoms. The summed E-state index contributed by atoms with van der Waals surface area (Å²) in [7, 11) is 0. The number of carbonyl (C=O) groups is 3. The Balaban J connectivity index is 2.22. The zero-order chi connectivity index (χ0) is 12.6. The lowest BCUT2D eigenvalue weighted by Crippen LogP contribution is -2.48. The van der Waals surface area contributed by atoms with E-state index in [0.29, 0.717) is 12.8 Å². The largest absolute Gasteiger partial charge is 0.481 e. The smallest absolute Gasteiger partial charge is 0.308 e. The third-order valence-electron chi connectivity index (χ3n) is 3.79. The molecule has 2 rings (SSSR count). The second-order valence-corrected chi connectivity index (χ2v) is 5.00. The van der Waals surface area contributed by atoms with E-state index < -0.39 is 17.9 Å². The van der Waals surface area contributed by atoms with Gasteiger partial charge in [0.1, 0.15) is 0 Å². The first-order chi connectivity index (χ1) is 8.02. The van der Waals surface area contributed by atoms with Crippen molar-refractivity contribution < 1.29 is 19.5 Å². The van der Waals surface area contributed by atoms with Gasteiger partial charge in [-0.3, -0.25) is 19.3 Å². The predicted molar refractivity (Wildman–Crippen MR) is 59.0 cm³/mol. The molecule has 0 radical (unpaired) electrons. The summed E-state index contributed by atoms with van der Waals surface area (Å²) in [6.07, 6.45) is 3.16. The van der Waals surface area contributed by atoms with Crippen LogP contribution in [0.15, 0.2) is 0 Å². The number of likely N-dealkylation sites (tertiary alicyclic amines) is 1. The van der Waals surface area contributed by atoms with Crippen LogP contribution < -0.4 is 0 Å². The van der Waals surface area contributed by atoms with E-state index >= 15 is 0 Å². The van der Waals surface area contributed by atoms with Gasteiger partial charge in [0.15, 0.2) is 0 Å². The van der Waals surface area contributed by atoms with Crippen LogP contribution in [-0.4, -0.2) is 33.8 Å². The molecule has 1 aliphatic heterocycles. The Morgan fingerprint density at radius 2 is 1.94 bits per heavy atom. The summed E-state index contributed by atoms with van der Waals surface area (Å²) in [5, 5.41) is 9.16. The summed E-state index contributed by atoms with van der Waals surface area (Å²) in [4.78, 5) is 36.1. The number of rotatable bonds is 2. The molecule has 1 saturated heterocycles. The minimum absolute atomic E-state index is 0.201. The second-order valence-electron chi connectivity index (χ2n) is 5.00. The van der Waals surface area contributed by atoms with Crippen LogP contribution in [0, 0.1) is 11.8 Å². The van der Waals surface area contributed by atoms with Gasteiger partial charge in [-0.25, -0.2) is 0 Å². The molecule has 2 aliphatic rings. The van der Waals surface area contributed by atoms with Crippen molar-refractivity contribution in [2.75, 3.05) is 0 Å². The number of nitrogens with zero attached hydrogens (tertiary/aromatic N) is 1. The van der Waals surface area contributed by atoms with Crippen LogP contribution in [-0.2, 0) is 14.4 Å². The Bertz CT molecular complexity index is 366. The van der Waals surface area contributed by atoms with E-state index in [9.17, 15) is 14.4 Å². The number of hydrogen-bond acceptors (Lipinski definition) is 3. The average Bonchev–Trinajstić information content (AvgIpc) is 2.53. The predicted octanol–water partition coefficient (Wildman–Crippen LogP) is 1.02. The van der Waals surface area contributed by atoms with E-state index in [1.54, 1.807) is 6.92 Å². The van der Waals surface area contributed by atoms with Gasteiger partial charge in [0.2, 0.25) is 11.8 Å². The van der Waals surface area contributed by atoms with Crippen molar-refractivity contribution in [3.63, 3.8) is 0 Å². The molecule has 1 N–H and O–H groups in total. The molecule has 17 heavy (non-hydrogen) atoms. The summed E-state index contributed by atoms with van der Waals surface area (Å²) in [5.41, 5.74) is 0. The highest BCUT2D eigenvalue weighted by molar-refractivity contribution is 6.04. The van der Waals surface area contributed by atoms with Gasteiger partial charge in [-0.15, -0.1) is 0 Å². The van der Waals surface area contributed by atoms with Crippen molar-refractivity contribution in [3.05, 3.63) is 0 Å². The summed E-state index contributed by atoms with van der Waals surface area (Å²) in [5.74, 6) is -2.18. The van der Waals surface area contributed by atoms with Crippen LogP contribution in [0.2, 0.25) is 0 Å². The Hall–Kier alpha value is -1.39. The minimum Gasteiger partial charge on any atom is -0.481 e. The van der Waals surface area contributed by atoms with Crippen molar-refractivity contribution >= 4 is 17.8 Å². The topological polar surface area (TPSA) is 74.7 Å². The molecule has 0 spiro atoms. The quantitative estimate of drug-likeness (QED) is 0.730. The molecule has 5 nitrogen and oxygen atoms in total. The van der Waals surface area contributed by atoms with Crippen LogP contribution in [0.5, 0.6) is 0 Å². The van der Waals surface area contributed by atoms with E-state index in [2.05, 4.69) is 0 Å².